The van der Waals surface area contributed by atoms with Crippen LogP contribution in [-0.2, 0) is 16.1 Å². The minimum absolute atomic E-state index is 0.0312. The number of nitrogens with one attached hydrogen (secondary N) is 1. The molecule has 0 saturated carbocycles. The van der Waals surface area contributed by atoms with Gasteiger partial charge in [0.25, 0.3) is 0 Å². The number of aryl methyl sites for hydroxylation is 1. The number of carbonyl (C=O) groups excluding carboxylic acids is 2. The number of hydrogen-bond acceptors (Lipinski definition) is 2. The van der Waals surface area contributed by atoms with E-state index in [0.29, 0.717) is 13.0 Å². The number of carbonyl (C=O) groups is 2. The molecule has 1 aliphatic rings. The lowest BCUT2D eigenvalue weighted by atomic mass is 10.1. The van der Waals surface area contributed by atoms with Crippen LogP contribution in [0.5, 0.6) is 0 Å². The van der Waals surface area contributed by atoms with Crippen LogP contribution < -0.4 is 5.32 Å². The van der Waals surface area contributed by atoms with Crippen molar-refractivity contribution in [2.24, 2.45) is 0 Å². The SMILES string of the molecule is Cc1cc(F)ccc1CN1C(=O)CNC(=O)CC1C. The zero-order chi connectivity index (χ0) is 14.0. The Hall–Kier alpha value is -1.91. The first kappa shape index (κ1) is 13.5. The summed E-state index contributed by atoms with van der Waals surface area (Å²) in [6.45, 7) is 4.10. The minimum Gasteiger partial charge on any atom is -0.347 e. The molecular weight excluding hydrogens is 247 g/mol. The highest BCUT2D eigenvalue weighted by molar-refractivity contribution is 5.87. The smallest absolute Gasteiger partial charge is 0.242 e. The second-order valence-electron chi connectivity index (χ2n) is 4.92. The normalized spacial score (nSPS) is 20.2. The van der Waals surface area contributed by atoms with Crippen LogP contribution in [0.1, 0.15) is 24.5 Å². The van der Waals surface area contributed by atoms with Crippen LogP contribution in [-0.4, -0.2) is 29.3 Å². The first-order valence-corrected chi connectivity index (χ1v) is 6.28. The van der Waals surface area contributed by atoms with Gasteiger partial charge in [-0.05, 0) is 37.1 Å². The predicted octanol–water partition coefficient (Wildman–Crippen LogP) is 1.37. The van der Waals surface area contributed by atoms with Crippen molar-refractivity contribution in [3.63, 3.8) is 0 Å². The lowest BCUT2D eigenvalue weighted by Crippen LogP contribution is -2.39. The predicted molar refractivity (Wildman–Crippen MR) is 68.8 cm³/mol. The van der Waals surface area contributed by atoms with Gasteiger partial charge in [0.05, 0.1) is 6.54 Å². The zero-order valence-electron chi connectivity index (χ0n) is 11.1. The summed E-state index contributed by atoms with van der Waals surface area (Å²) in [7, 11) is 0. The molecule has 102 valence electrons. The molecule has 4 nitrogen and oxygen atoms in total. The molecule has 1 saturated heterocycles. The Morgan fingerprint density at radius 1 is 1.42 bits per heavy atom. The Morgan fingerprint density at radius 3 is 2.84 bits per heavy atom. The lowest BCUT2D eigenvalue weighted by Gasteiger charge is -2.27. The Bertz CT molecular complexity index is 516. The van der Waals surface area contributed by atoms with E-state index in [9.17, 15) is 14.0 Å². The van der Waals surface area contributed by atoms with E-state index in [1.165, 1.54) is 12.1 Å². The topological polar surface area (TPSA) is 49.4 Å². The van der Waals surface area contributed by atoms with Crippen LogP contribution in [0.3, 0.4) is 0 Å². The summed E-state index contributed by atoms with van der Waals surface area (Å²) < 4.78 is 13.1. The van der Waals surface area contributed by atoms with Gasteiger partial charge in [-0.2, -0.15) is 0 Å². The molecule has 1 heterocycles. The van der Waals surface area contributed by atoms with Crippen molar-refractivity contribution < 1.29 is 14.0 Å². The van der Waals surface area contributed by atoms with Gasteiger partial charge in [0.1, 0.15) is 5.82 Å². The average molecular weight is 264 g/mol. The van der Waals surface area contributed by atoms with Crippen molar-refractivity contribution in [1.29, 1.82) is 0 Å². The second kappa shape index (κ2) is 5.38. The maximum absolute atomic E-state index is 13.1. The fourth-order valence-electron chi connectivity index (χ4n) is 2.24. The average Bonchev–Trinajstić information content (AvgIpc) is 2.45. The van der Waals surface area contributed by atoms with E-state index in [2.05, 4.69) is 5.32 Å². The van der Waals surface area contributed by atoms with Gasteiger partial charge in [-0.3, -0.25) is 9.59 Å². The molecule has 1 N–H and O–H groups in total. The fourth-order valence-corrected chi connectivity index (χ4v) is 2.24. The van der Waals surface area contributed by atoms with E-state index in [4.69, 9.17) is 0 Å². The molecule has 2 amide bonds. The third-order valence-corrected chi connectivity index (χ3v) is 3.42. The number of amides is 2. The van der Waals surface area contributed by atoms with E-state index in [1.807, 2.05) is 13.8 Å². The standard InChI is InChI=1S/C14H17FN2O2/c1-9-5-12(15)4-3-11(9)8-17-10(2)6-13(18)16-7-14(17)19/h3-5,10H,6-8H2,1-2H3,(H,16,18). The summed E-state index contributed by atoms with van der Waals surface area (Å²) >= 11 is 0. The minimum atomic E-state index is -0.284. The Balaban J connectivity index is 2.20. The van der Waals surface area contributed by atoms with Crippen LogP contribution in [0.2, 0.25) is 0 Å². The van der Waals surface area contributed by atoms with Crippen molar-refractivity contribution in [3.8, 4) is 0 Å². The number of benzene rings is 1. The van der Waals surface area contributed by atoms with Gasteiger partial charge < -0.3 is 10.2 Å². The summed E-state index contributed by atoms with van der Waals surface area (Å²) in [6, 6.07) is 4.37. The van der Waals surface area contributed by atoms with E-state index in [-0.39, 0.29) is 30.2 Å². The van der Waals surface area contributed by atoms with Gasteiger partial charge in [0, 0.05) is 19.0 Å². The Kier molecular flexibility index (Phi) is 3.83. The van der Waals surface area contributed by atoms with E-state index in [1.54, 1.807) is 11.0 Å². The van der Waals surface area contributed by atoms with Crippen LogP contribution in [0.15, 0.2) is 18.2 Å². The van der Waals surface area contributed by atoms with Crippen LogP contribution >= 0.6 is 0 Å². The van der Waals surface area contributed by atoms with Gasteiger partial charge in [0.2, 0.25) is 11.8 Å². The third kappa shape index (κ3) is 3.10. The fraction of sp³-hybridized carbons (Fsp3) is 0.429. The van der Waals surface area contributed by atoms with E-state index >= 15 is 0 Å². The Morgan fingerprint density at radius 2 is 2.16 bits per heavy atom. The highest BCUT2D eigenvalue weighted by Gasteiger charge is 2.26. The van der Waals surface area contributed by atoms with Crippen molar-refractivity contribution >= 4 is 11.8 Å². The summed E-state index contributed by atoms with van der Waals surface area (Å²) in [4.78, 5) is 25.1. The van der Waals surface area contributed by atoms with Crippen LogP contribution in [0.25, 0.3) is 0 Å². The molecule has 0 spiro atoms. The lowest BCUT2D eigenvalue weighted by molar-refractivity contribution is -0.132. The maximum Gasteiger partial charge on any atom is 0.242 e. The van der Waals surface area contributed by atoms with Gasteiger partial charge in [-0.25, -0.2) is 4.39 Å². The molecule has 1 unspecified atom stereocenters. The first-order chi connectivity index (χ1) is 8.97. The van der Waals surface area contributed by atoms with Crippen molar-refractivity contribution in [2.75, 3.05) is 6.54 Å². The highest BCUT2D eigenvalue weighted by atomic mass is 19.1. The van der Waals surface area contributed by atoms with Crippen LogP contribution in [0, 0.1) is 12.7 Å². The second-order valence-corrected chi connectivity index (χ2v) is 4.92. The molecule has 0 radical (unpaired) electrons. The van der Waals surface area contributed by atoms with Crippen molar-refractivity contribution in [1.82, 2.24) is 10.2 Å². The summed E-state index contributed by atoms with van der Waals surface area (Å²) in [5.41, 5.74) is 1.71. The molecule has 0 aromatic heterocycles. The first-order valence-electron chi connectivity index (χ1n) is 6.28. The molecule has 1 aromatic carbocycles. The molecule has 1 atom stereocenters. The number of hydrogen-bond donors (Lipinski definition) is 1. The summed E-state index contributed by atoms with van der Waals surface area (Å²) in [5, 5.41) is 2.57. The summed E-state index contributed by atoms with van der Waals surface area (Å²) in [6.07, 6.45) is 0.298. The van der Waals surface area contributed by atoms with E-state index < -0.39 is 0 Å². The molecule has 1 aliphatic heterocycles. The molecule has 0 bridgehead atoms. The third-order valence-electron chi connectivity index (χ3n) is 3.42. The van der Waals surface area contributed by atoms with Crippen LogP contribution in [0.4, 0.5) is 4.39 Å². The quantitative estimate of drug-likeness (QED) is 0.877. The summed E-state index contributed by atoms with van der Waals surface area (Å²) in [5.74, 6) is -0.505. The van der Waals surface area contributed by atoms with Crippen molar-refractivity contribution in [3.05, 3.63) is 35.1 Å². The largest absolute Gasteiger partial charge is 0.347 e. The van der Waals surface area contributed by atoms with Gasteiger partial charge in [-0.1, -0.05) is 6.07 Å². The Labute approximate surface area is 111 Å². The van der Waals surface area contributed by atoms with Gasteiger partial charge >= 0.3 is 0 Å². The molecule has 2 rings (SSSR count). The maximum atomic E-state index is 13.1. The molecular formula is C14H17FN2O2. The monoisotopic (exact) mass is 264 g/mol. The number of rotatable bonds is 2. The number of halogens is 1. The molecule has 1 aromatic rings. The molecule has 5 heteroatoms. The van der Waals surface area contributed by atoms with E-state index in [0.717, 1.165) is 11.1 Å². The van der Waals surface area contributed by atoms with Gasteiger partial charge in [-0.15, -0.1) is 0 Å². The molecule has 1 fully saturated rings. The highest BCUT2D eigenvalue weighted by Crippen LogP contribution is 2.17. The van der Waals surface area contributed by atoms with Crippen molar-refractivity contribution in [2.45, 2.75) is 32.9 Å². The molecule has 0 aliphatic carbocycles. The zero-order valence-corrected chi connectivity index (χ0v) is 11.1. The van der Waals surface area contributed by atoms with Gasteiger partial charge in [0.15, 0.2) is 0 Å². The number of nitrogens with zero attached hydrogens (tertiary/aromatic N) is 1. The molecule has 19 heavy (non-hydrogen) atoms.